The molecule has 112 valence electrons. The minimum Gasteiger partial charge on any atom is -0.396 e. The minimum absolute atomic E-state index is 0.314. The maximum Gasteiger partial charge on any atom is 0.0431 e. The molecular formula is C18H29NO. The highest BCUT2D eigenvalue weighted by Crippen LogP contribution is 2.30. The van der Waals surface area contributed by atoms with Crippen molar-refractivity contribution in [1.29, 1.82) is 0 Å². The molecule has 0 radical (unpaired) electrons. The number of aliphatic hydroxyl groups is 1. The predicted octanol–water partition coefficient (Wildman–Crippen LogP) is 3.54. The van der Waals surface area contributed by atoms with E-state index >= 15 is 0 Å². The van der Waals surface area contributed by atoms with Gasteiger partial charge in [-0.25, -0.2) is 0 Å². The monoisotopic (exact) mass is 275 g/mol. The Morgan fingerprint density at radius 3 is 2.80 bits per heavy atom. The summed E-state index contributed by atoms with van der Waals surface area (Å²) in [6, 6.07) is 12.1. The van der Waals surface area contributed by atoms with Gasteiger partial charge in [0, 0.05) is 18.7 Å². The number of aryl methyl sites for hydroxylation is 1. The molecule has 1 aliphatic rings. The fourth-order valence-corrected chi connectivity index (χ4v) is 3.44. The van der Waals surface area contributed by atoms with Crippen LogP contribution >= 0.6 is 0 Å². The largest absolute Gasteiger partial charge is 0.396 e. The fraction of sp³-hybridized carbons (Fsp3) is 0.667. The van der Waals surface area contributed by atoms with Gasteiger partial charge in [-0.2, -0.15) is 0 Å². The number of hydrogen-bond acceptors (Lipinski definition) is 2. The van der Waals surface area contributed by atoms with Crippen molar-refractivity contribution in [2.75, 3.05) is 6.61 Å². The first-order valence-electron chi connectivity index (χ1n) is 8.20. The van der Waals surface area contributed by atoms with Crippen LogP contribution in [0, 0.1) is 5.92 Å². The molecule has 2 rings (SSSR count). The first-order valence-corrected chi connectivity index (χ1v) is 8.20. The van der Waals surface area contributed by atoms with Crippen LogP contribution in [0.25, 0.3) is 0 Å². The van der Waals surface area contributed by atoms with E-state index in [0.29, 0.717) is 18.7 Å². The van der Waals surface area contributed by atoms with Gasteiger partial charge in [-0.15, -0.1) is 0 Å². The van der Waals surface area contributed by atoms with Crippen molar-refractivity contribution < 1.29 is 5.11 Å². The molecule has 0 amide bonds. The summed E-state index contributed by atoms with van der Waals surface area (Å²) >= 11 is 0. The standard InChI is InChI=1S/C18H29NO/c1-15(7-6-14-20)19-18-11-5-10-17(18)13-12-16-8-3-2-4-9-16/h2-4,8-9,15,17-20H,5-7,10-14H2,1H3. The third-order valence-electron chi connectivity index (χ3n) is 4.60. The highest BCUT2D eigenvalue weighted by atomic mass is 16.2. The Bertz CT molecular complexity index is 365. The van der Waals surface area contributed by atoms with Crippen LogP contribution in [0.5, 0.6) is 0 Å². The van der Waals surface area contributed by atoms with E-state index in [1.54, 1.807) is 0 Å². The molecule has 0 spiro atoms. The van der Waals surface area contributed by atoms with Crippen LogP contribution in [0.15, 0.2) is 30.3 Å². The Morgan fingerprint density at radius 1 is 1.25 bits per heavy atom. The zero-order valence-electron chi connectivity index (χ0n) is 12.7. The highest BCUT2D eigenvalue weighted by molar-refractivity contribution is 5.14. The molecule has 0 heterocycles. The van der Waals surface area contributed by atoms with Gasteiger partial charge in [0.2, 0.25) is 0 Å². The fourth-order valence-electron chi connectivity index (χ4n) is 3.44. The molecule has 2 nitrogen and oxygen atoms in total. The summed E-state index contributed by atoms with van der Waals surface area (Å²) in [6.07, 6.45) is 8.56. The summed E-state index contributed by atoms with van der Waals surface area (Å²) in [4.78, 5) is 0. The summed E-state index contributed by atoms with van der Waals surface area (Å²) in [5.41, 5.74) is 1.46. The van der Waals surface area contributed by atoms with Gasteiger partial charge in [0.05, 0.1) is 0 Å². The Labute approximate surface area is 123 Å². The molecule has 0 aliphatic heterocycles. The van der Waals surface area contributed by atoms with Crippen LogP contribution in [0.3, 0.4) is 0 Å². The SMILES string of the molecule is CC(CCCO)NC1CCCC1CCc1ccccc1. The van der Waals surface area contributed by atoms with Gasteiger partial charge in [0.15, 0.2) is 0 Å². The van der Waals surface area contributed by atoms with E-state index in [9.17, 15) is 0 Å². The molecule has 2 N–H and O–H groups in total. The third-order valence-corrected chi connectivity index (χ3v) is 4.60. The van der Waals surface area contributed by atoms with Crippen molar-refractivity contribution in [1.82, 2.24) is 5.32 Å². The number of nitrogens with one attached hydrogen (secondary N) is 1. The van der Waals surface area contributed by atoms with Gasteiger partial charge in [-0.1, -0.05) is 36.8 Å². The van der Waals surface area contributed by atoms with E-state index in [1.807, 2.05) is 0 Å². The highest BCUT2D eigenvalue weighted by Gasteiger charge is 2.27. The summed E-state index contributed by atoms with van der Waals surface area (Å²) in [5, 5.41) is 12.7. The van der Waals surface area contributed by atoms with Crippen molar-refractivity contribution in [2.24, 2.45) is 5.92 Å². The number of benzene rings is 1. The zero-order chi connectivity index (χ0) is 14.2. The Morgan fingerprint density at radius 2 is 2.05 bits per heavy atom. The molecule has 20 heavy (non-hydrogen) atoms. The van der Waals surface area contributed by atoms with Crippen molar-refractivity contribution in [2.45, 2.75) is 64.0 Å². The molecule has 0 aromatic heterocycles. The lowest BCUT2D eigenvalue weighted by Crippen LogP contribution is -2.39. The Kier molecular flexibility index (Phi) is 6.55. The van der Waals surface area contributed by atoms with Crippen LogP contribution < -0.4 is 5.32 Å². The van der Waals surface area contributed by atoms with E-state index in [2.05, 4.69) is 42.6 Å². The summed E-state index contributed by atoms with van der Waals surface area (Å²) in [5.74, 6) is 0.826. The van der Waals surface area contributed by atoms with Gasteiger partial charge in [0.25, 0.3) is 0 Å². The van der Waals surface area contributed by atoms with E-state index in [4.69, 9.17) is 5.11 Å². The van der Waals surface area contributed by atoms with Gasteiger partial charge >= 0.3 is 0 Å². The van der Waals surface area contributed by atoms with E-state index < -0.39 is 0 Å². The van der Waals surface area contributed by atoms with Gasteiger partial charge in [-0.3, -0.25) is 0 Å². The van der Waals surface area contributed by atoms with Crippen molar-refractivity contribution in [3.05, 3.63) is 35.9 Å². The molecule has 2 heteroatoms. The number of rotatable bonds is 8. The zero-order valence-corrected chi connectivity index (χ0v) is 12.7. The molecule has 0 bridgehead atoms. The van der Waals surface area contributed by atoms with E-state index in [-0.39, 0.29) is 0 Å². The first-order chi connectivity index (χ1) is 9.79. The average Bonchev–Trinajstić information content (AvgIpc) is 2.91. The number of aliphatic hydroxyl groups excluding tert-OH is 1. The molecule has 1 aromatic rings. The van der Waals surface area contributed by atoms with Gasteiger partial charge in [-0.05, 0) is 56.9 Å². The van der Waals surface area contributed by atoms with Crippen LogP contribution in [0.4, 0.5) is 0 Å². The Hall–Kier alpha value is -0.860. The summed E-state index contributed by atoms with van der Waals surface area (Å²) in [6.45, 7) is 2.57. The number of hydrogen-bond donors (Lipinski definition) is 2. The molecule has 1 aromatic carbocycles. The molecule has 1 fully saturated rings. The second kappa shape index (κ2) is 8.43. The topological polar surface area (TPSA) is 32.3 Å². The average molecular weight is 275 g/mol. The van der Waals surface area contributed by atoms with Gasteiger partial charge in [0.1, 0.15) is 0 Å². The maximum atomic E-state index is 8.91. The van der Waals surface area contributed by atoms with E-state index in [0.717, 1.165) is 18.8 Å². The molecule has 1 aliphatic carbocycles. The van der Waals surface area contributed by atoms with Crippen LogP contribution in [0.1, 0.15) is 51.0 Å². The van der Waals surface area contributed by atoms with Crippen LogP contribution in [-0.4, -0.2) is 23.8 Å². The lowest BCUT2D eigenvalue weighted by Gasteiger charge is -2.25. The maximum absolute atomic E-state index is 8.91. The van der Waals surface area contributed by atoms with Crippen molar-refractivity contribution in [3.8, 4) is 0 Å². The van der Waals surface area contributed by atoms with Crippen LogP contribution in [0.2, 0.25) is 0 Å². The second-order valence-electron chi connectivity index (χ2n) is 6.26. The molecular weight excluding hydrogens is 246 g/mol. The third kappa shape index (κ3) is 4.92. The van der Waals surface area contributed by atoms with Crippen LogP contribution in [-0.2, 0) is 6.42 Å². The van der Waals surface area contributed by atoms with Crippen molar-refractivity contribution >= 4 is 0 Å². The molecule has 3 atom stereocenters. The summed E-state index contributed by atoms with van der Waals surface area (Å²) < 4.78 is 0. The normalized spacial score (nSPS) is 23.9. The quantitative estimate of drug-likeness (QED) is 0.760. The lowest BCUT2D eigenvalue weighted by atomic mass is 9.94. The second-order valence-corrected chi connectivity index (χ2v) is 6.26. The predicted molar refractivity (Wildman–Crippen MR) is 84.8 cm³/mol. The minimum atomic E-state index is 0.314. The van der Waals surface area contributed by atoms with E-state index in [1.165, 1.54) is 37.7 Å². The lowest BCUT2D eigenvalue weighted by molar-refractivity contribution is 0.268. The first kappa shape index (κ1) is 15.5. The molecule has 1 saturated carbocycles. The smallest absolute Gasteiger partial charge is 0.0431 e. The molecule has 0 saturated heterocycles. The Balaban J connectivity index is 1.75. The van der Waals surface area contributed by atoms with Crippen molar-refractivity contribution in [3.63, 3.8) is 0 Å². The van der Waals surface area contributed by atoms with Gasteiger partial charge < -0.3 is 10.4 Å². The summed E-state index contributed by atoms with van der Waals surface area (Å²) in [7, 11) is 0. The molecule has 3 unspecified atom stereocenters.